The average molecular weight is 244 g/mol. The minimum atomic E-state index is 0.531. The van der Waals surface area contributed by atoms with Gasteiger partial charge in [-0.05, 0) is 18.6 Å². The van der Waals surface area contributed by atoms with Gasteiger partial charge in [-0.1, -0.05) is 30.3 Å². The second-order valence-electron chi connectivity index (χ2n) is 3.88. The number of nitrogens with zero attached hydrogens (tertiary/aromatic N) is 3. The molecule has 1 aromatic rings. The third-order valence-corrected chi connectivity index (χ3v) is 3.33. The fourth-order valence-electron chi connectivity index (χ4n) is 1.78. The SMILES string of the molecule is CSc1nc(Cl)cc(N2CCC(C)C2)n1. The van der Waals surface area contributed by atoms with Crippen molar-refractivity contribution in [3.05, 3.63) is 11.2 Å². The van der Waals surface area contributed by atoms with E-state index in [2.05, 4.69) is 21.8 Å². The van der Waals surface area contributed by atoms with Crippen molar-refractivity contribution in [3.63, 3.8) is 0 Å². The summed E-state index contributed by atoms with van der Waals surface area (Å²) in [5.74, 6) is 1.71. The maximum absolute atomic E-state index is 5.95. The van der Waals surface area contributed by atoms with Gasteiger partial charge >= 0.3 is 0 Å². The van der Waals surface area contributed by atoms with Crippen molar-refractivity contribution < 1.29 is 0 Å². The fourth-order valence-corrected chi connectivity index (χ4v) is 2.38. The van der Waals surface area contributed by atoms with Crippen molar-refractivity contribution in [2.24, 2.45) is 5.92 Å². The second kappa shape index (κ2) is 4.58. The van der Waals surface area contributed by atoms with Crippen LogP contribution in [0.1, 0.15) is 13.3 Å². The Bertz CT molecular complexity index is 359. The van der Waals surface area contributed by atoms with E-state index in [0.717, 1.165) is 30.0 Å². The standard InChI is InChI=1S/C10H14ClN3S/c1-7-3-4-14(6-7)9-5-8(11)12-10(13-9)15-2/h5,7H,3-4,6H2,1-2H3. The number of halogens is 1. The summed E-state index contributed by atoms with van der Waals surface area (Å²) in [7, 11) is 0. The number of aromatic nitrogens is 2. The summed E-state index contributed by atoms with van der Waals surface area (Å²) in [6, 6.07) is 1.85. The Morgan fingerprint density at radius 1 is 1.53 bits per heavy atom. The molecule has 0 N–H and O–H groups in total. The van der Waals surface area contributed by atoms with Gasteiger partial charge in [-0.15, -0.1) is 0 Å². The van der Waals surface area contributed by atoms with Crippen LogP contribution >= 0.6 is 23.4 Å². The molecule has 0 bridgehead atoms. The molecular weight excluding hydrogens is 230 g/mol. The highest BCUT2D eigenvalue weighted by molar-refractivity contribution is 7.98. The minimum Gasteiger partial charge on any atom is -0.356 e. The molecule has 0 aliphatic carbocycles. The molecule has 0 saturated carbocycles. The zero-order chi connectivity index (χ0) is 10.8. The highest BCUT2D eigenvalue weighted by atomic mass is 35.5. The van der Waals surface area contributed by atoms with Crippen molar-refractivity contribution >= 4 is 29.2 Å². The first kappa shape index (κ1) is 11.0. The molecule has 1 aliphatic heterocycles. The van der Waals surface area contributed by atoms with Crippen LogP contribution in [0, 0.1) is 5.92 Å². The van der Waals surface area contributed by atoms with Crippen LogP contribution in [0.2, 0.25) is 5.15 Å². The first-order chi connectivity index (χ1) is 7.19. The first-order valence-electron chi connectivity index (χ1n) is 5.02. The zero-order valence-electron chi connectivity index (χ0n) is 8.90. The molecule has 0 amide bonds. The zero-order valence-corrected chi connectivity index (χ0v) is 10.5. The highest BCUT2D eigenvalue weighted by Crippen LogP contribution is 2.25. The molecule has 2 heterocycles. The van der Waals surface area contributed by atoms with E-state index in [-0.39, 0.29) is 0 Å². The molecule has 0 aromatic carbocycles. The lowest BCUT2D eigenvalue weighted by Crippen LogP contribution is -2.20. The molecule has 0 radical (unpaired) electrons. The summed E-state index contributed by atoms with van der Waals surface area (Å²) in [6.45, 7) is 4.40. The summed E-state index contributed by atoms with van der Waals surface area (Å²) in [5.41, 5.74) is 0. The molecule has 5 heteroatoms. The molecule has 1 atom stereocenters. The summed E-state index contributed by atoms with van der Waals surface area (Å²) < 4.78 is 0. The Kier molecular flexibility index (Phi) is 3.36. The van der Waals surface area contributed by atoms with Crippen LogP contribution in [0.25, 0.3) is 0 Å². The van der Waals surface area contributed by atoms with E-state index in [0.29, 0.717) is 5.15 Å². The normalized spacial score (nSPS) is 21.0. The number of thioether (sulfide) groups is 1. The Morgan fingerprint density at radius 3 is 2.93 bits per heavy atom. The lowest BCUT2D eigenvalue weighted by molar-refractivity contribution is 0.658. The predicted octanol–water partition coefficient (Wildman–Crippen LogP) is 2.70. The smallest absolute Gasteiger partial charge is 0.190 e. The maximum Gasteiger partial charge on any atom is 0.190 e. The third kappa shape index (κ3) is 2.55. The monoisotopic (exact) mass is 243 g/mol. The van der Waals surface area contributed by atoms with Gasteiger partial charge in [-0.2, -0.15) is 0 Å². The van der Waals surface area contributed by atoms with Crippen molar-refractivity contribution in [2.75, 3.05) is 24.2 Å². The van der Waals surface area contributed by atoms with Crippen LogP contribution in [0.5, 0.6) is 0 Å². The second-order valence-corrected chi connectivity index (χ2v) is 5.04. The number of rotatable bonds is 2. The molecule has 1 aliphatic rings. The van der Waals surface area contributed by atoms with Gasteiger partial charge in [0.15, 0.2) is 5.16 Å². The van der Waals surface area contributed by atoms with Gasteiger partial charge in [0.05, 0.1) is 0 Å². The van der Waals surface area contributed by atoms with Crippen LogP contribution in [0.3, 0.4) is 0 Å². The third-order valence-electron chi connectivity index (χ3n) is 2.59. The van der Waals surface area contributed by atoms with E-state index in [4.69, 9.17) is 11.6 Å². The van der Waals surface area contributed by atoms with E-state index in [1.165, 1.54) is 18.2 Å². The van der Waals surface area contributed by atoms with Crippen LogP contribution < -0.4 is 4.90 Å². The minimum absolute atomic E-state index is 0.531. The predicted molar refractivity (Wildman–Crippen MR) is 64.8 cm³/mol. The van der Waals surface area contributed by atoms with Gasteiger partial charge < -0.3 is 4.90 Å². The van der Waals surface area contributed by atoms with Gasteiger partial charge in [0.1, 0.15) is 11.0 Å². The summed E-state index contributed by atoms with van der Waals surface area (Å²) in [6.07, 6.45) is 3.19. The van der Waals surface area contributed by atoms with Crippen LogP contribution in [-0.4, -0.2) is 29.3 Å². The number of hydrogen-bond donors (Lipinski definition) is 0. The summed E-state index contributed by atoms with van der Waals surface area (Å²) in [5, 5.41) is 1.28. The van der Waals surface area contributed by atoms with Crippen molar-refractivity contribution in [3.8, 4) is 0 Å². The molecule has 1 aromatic heterocycles. The Morgan fingerprint density at radius 2 is 2.33 bits per heavy atom. The Balaban J connectivity index is 2.24. The molecule has 15 heavy (non-hydrogen) atoms. The Hall–Kier alpha value is -0.480. The lowest BCUT2D eigenvalue weighted by atomic mass is 10.2. The van der Waals surface area contributed by atoms with Gasteiger partial charge in [0.2, 0.25) is 0 Å². The fraction of sp³-hybridized carbons (Fsp3) is 0.600. The molecule has 2 rings (SSSR count). The lowest BCUT2D eigenvalue weighted by Gasteiger charge is -2.17. The van der Waals surface area contributed by atoms with Gasteiger partial charge in [-0.3, -0.25) is 0 Å². The van der Waals surface area contributed by atoms with E-state index >= 15 is 0 Å². The van der Waals surface area contributed by atoms with Crippen LogP contribution in [-0.2, 0) is 0 Å². The van der Waals surface area contributed by atoms with E-state index in [1.807, 2.05) is 12.3 Å². The Labute approximate surface area is 99.2 Å². The van der Waals surface area contributed by atoms with Crippen molar-refractivity contribution in [2.45, 2.75) is 18.5 Å². The largest absolute Gasteiger partial charge is 0.356 e. The van der Waals surface area contributed by atoms with Crippen molar-refractivity contribution in [1.82, 2.24) is 9.97 Å². The van der Waals surface area contributed by atoms with Crippen LogP contribution in [0.15, 0.2) is 11.2 Å². The number of anilines is 1. The van der Waals surface area contributed by atoms with Gasteiger partial charge in [-0.25, -0.2) is 9.97 Å². The topological polar surface area (TPSA) is 29.0 Å². The average Bonchev–Trinajstić information content (AvgIpc) is 2.64. The first-order valence-corrected chi connectivity index (χ1v) is 6.63. The van der Waals surface area contributed by atoms with E-state index in [1.54, 1.807) is 0 Å². The van der Waals surface area contributed by atoms with Crippen LogP contribution in [0.4, 0.5) is 5.82 Å². The molecule has 1 saturated heterocycles. The van der Waals surface area contributed by atoms with Gasteiger partial charge in [0.25, 0.3) is 0 Å². The number of hydrogen-bond acceptors (Lipinski definition) is 4. The van der Waals surface area contributed by atoms with Crippen molar-refractivity contribution in [1.29, 1.82) is 0 Å². The molecular formula is C10H14ClN3S. The molecule has 1 unspecified atom stereocenters. The molecule has 0 spiro atoms. The quantitative estimate of drug-likeness (QED) is 0.454. The molecule has 1 fully saturated rings. The van der Waals surface area contributed by atoms with Gasteiger partial charge in [0, 0.05) is 19.2 Å². The summed E-state index contributed by atoms with van der Waals surface area (Å²) >= 11 is 7.48. The molecule has 3 nitrogen and oxygen atoms in total. The molecule has 82 valence electrons. The summed E-state index contributed by atoms with van der Waals surface area (Å²) in [4.78, 5) is 10.9. The van der Waals surface area contributed by atoms with E-state index in [9.17, 15) is 0 Å². The van der Waals surface area contributed by atoms with E-state index < -0.39 is 0 Å². The highest BCUT2D eigenvalue weighted by Gasteiger charge is 2.20. The maximum atomic E-state index is 5.95.